The second-order valence-corrected chi connectivity index (χ2v) is 10.8. The average Bonchev–Trinajstić information content (AvgIpc) is 3.49. The van der Waals surface area contributed by atoms with Crippen LogP contribution >= 0.6 is 11.3 Å². The summed E-state index contributed by atoms with van der Waals surface area (Å²) < 4.78 is 34.6. The summed E-state index contributed by atoms with van der Waals surface area (Å²) in [6, 6.07) is 12.7. The van der Waals surface area contributed by atoms with Crippen molar-refractivity contribution < 1.29 is 17.9 Å². The van der Waals surface area contributed by atoms with E-state index in [1.54, 1.807) is 18.2 Å². The maximum atomic E-state index is 13.2. The molecule has 2 heterocycles. The number of ether oxygens (including phenoxy) is 1. The third-order valence-corrected chi connectivity index (χ3v) is 8.60. The van der Waals surface area contributed by atoms with E-state index in [1.165, 1.54) is 11.3 Å². The predicted molar refractivity (Wildman–Crippen MR) is 122 cm³/mol. The van der Waals surface area contributed by atoms with Crippen molar-refractivity contribution in [3.63, 3.8) is 0 Å². The molecule has 0 spiro atoms. The third kappa shape index (κ3) is 4.07. The molecule has 1 aromatic heterocycles. The van der Waals surface area contributed by atoms with Gasteiger partial charge in [-0.3, -0.25) is 9.52 Å². The minimum Gasteiger partial charge on any atom is -0.376 e. The zero-order valence-corrected chi connectivity index (χ0v) is 18.7. The van der Waals surface area contributed by atoms with E-state index in [9.17, 15) is 13.2 Å². The molecule has 3 aromatic rings. The first kappa shape index (κ1) is 20.5. The molecule has 1 saturated heterocycles. The molecule has 6 nitrogen and oxygen atoms in total. The van der Waals surface area contributed by atoms with E-state index in [4.69, 9.17) is 4.74 Å². The standard InChI is InChI=1S/C23H24N2O4S2/c26-22(24-14-17-7-4-12-29-17)21-19-8-3-9-20(19)30-23(21)25-31(27,28)18-11-10-15-5-1-2-6-16(15)13-18/h1-2,5-6,10-11,13,17,25H,3-4,7-9,12,14H2,(H,24,26)/t17-/m1/s1. The fraction of sp³-hybridized carbons (Fsp3) is 0.348. The second kappa shape index (κ2) is 8.26. The number of aryl methyl sites for hydroxylation is 1. The summed E-state index contributed by atoms with van der Waals surface area (Å²) in [7, 11) is -3.82. The van der Waals surface area contributed by atoms with Crippen LogP contribution in [-0.2, 0) is 27.6 Å². The Labute approximate surface area is 185 Å². The number of carbonyl (C=O) groups is 1. The van der Waals surface area contributed by atoms with E-state index in [-0.39, 0.29) is 16.9 Å². The molecule has 0 saturated carbocycles. The van der Waals surface area contributed by atoms with Gasteiger partial charge in [0.05, 0.1) is 16.6 Å². The maximum absolute atomic E-state index is 13.2. The Bertz CT molecular complexity index is 1240. The number of thiophene rings is 1. The molecule has 1 aliphatic heterocycles. The van der Waals surface area contributed by atoms with Crippen molar-refractivity contribution in [3.05, 3.63) is 58.5 Å². The Hall–Kier alpha value is -2.42. The Morgan fingerprint density at radius 2 is 1.94 bits per heavy atom. The topological polar surface area (TPSA) is 84.5 Å². The van der Waals surface area contributed by atoms with Crippen molar-refractivity contribution in [3.8, 4) is 0 Å². The summed E-state index contributed by atoms with van der Waals surface area (Å²) in [5, 5.41) is 5.19. The van der Waals surface area contributed by atoms with E-state index in [0.29, 0.717) is 17.1 Å². The SMILES string of the molecule is O=C(NC[C@H]1CCCO1)c1c(NS(=O)(=O)c2ccc3ccccc3c2)sc2c1CCC2. The lowest BCUT2D eigenvalue weighted by molar-refractivity contribution is 0.0858. The van der Waals surface area contributed by atoms with Gasteiger partial charge in [0, 0.05) is 18.0 Å². The van der Waals surface area contributed by atoms with Crippen molar-refractivity contribution >= 4 is 43.0 Å². The first-order valence-corrected chi connectivity index (χ1v) is 12.9. The molecule has 2 N–H and O–H groups in total. The van der Waals surface area contributed by atoms with Gasteiger partial charge in [0.2, 0.25) is 0 Å². The van der Waals surface area contributed by atoms with Crippen LogP contribution in [0.4, 0.5) is 5.00 Å². The van der Waals surface area contributed by atoms with Crippen LogP contribution in [0.25, 0.3) is 10.8 Å². The van der Waals surface area contributed by atoms with Gasteiger partial charge < -0.3 is 10.1 Å². The summed E-state index contributed by atoms with van der Waals surface area (Å²) in [5.41, 5.74) is 1.45. The van der Waals surface area contributed by atoms with E-state index in [2.05, 4.69) is 10.0 Å². The number of sulfonamides is 1. The molecular formula is C23H24N2O4S2. The second-order valence-electron chi connectivity index (χ2n) is 8.02. The molecule has 162 valence electrons. The highest BCUT2D eigenvalue weighted by Gasteiger charge is 2.29. The van der Waals surface area contributed by atoms with Gasteiger partial charge in [-0.25, -0.2) is 8.42 Å². The number of amides is 1. The monoisotopic (exact) mass is 456 g/mol. The maximum Gasteiger partial charge on any atom is 0.262 e. The summed E-state index contributed by atoms with van der Waals surface area (Å²) in [5.74, 6) is -0.230. The zero-order valence-electron chi connectivity index (χ0n) is 17.0. The van der Waals surface area contributed by atoms with E-state index < -0.39 is 10.0 Å². The Morgan fingerprint density at radius 3 is 2.74 bits per heavy atom. The molecule has 2 aliphatic rings. The zero-order chi connectivity index (χ0) is 21.4. The van der Waals surface area contributed by atoms with Crippen LogP contribution in [0.15, 0.2) is 47.4 Å². The lowest BCUT2D eigenvalue weighted by Crippen LogP contribution is -2.32. The van der Waals surface area contributed by atoms with Gasteiger partial charge in [-0.05, 0) is 60.6 Å². The first-order chi connectivity index (χ1) is 15.0. The fourth-order valence-electron chi connectivity index (χ4n) is 4.33. The minimum absolute atomic E-state index is 0.0355. The van der Waals surface area contributed by atoms with Crippen molar-refractivity contribution in [1.82, 2.24) is 5.32 Å². The van der Waals surface area contributed by atoms with Gasteiger partial charge in [-0.15, -0.1) is 11.3 Å². The number of anilines is 1. The quantitative estimate of drug-likeness (QED) is 0.585. The fourth-order valence-corrected chi connectivity index (χ4v) is 6.96. The lowest BCUT2D eigenvalue weighted by atomic mass is 10.1. The van der Waals surface area contributed by atoms with Gasteiger partial charge in [0.25, 0.3) is 15.9 Å². The van der Waals surface area contributed by atoms with Gasteiger partial charge in [0.15, 0.2) is 0 Å². The van der Waals surface area contributed by atoms with Gasteiger partial charge in [0.1, 0.15) is 5.00 Å². The van der Waals surface area contributed by atoms with Crippen LogP contribution < -0.4 is 10.0 Å². The van der Waals surface area contributed by atoms with E-state index in [1.807, 2.05) is 24.3 Å². The number of nitrogens with one attached hydrogen (secondary N) is 2. The van der Waals surface area contributed by atoms with Crippen molar-refractivity contribution in [1.29, 1.82) is 0 Å². The number of rotatable bonds is 6. The molecule has 1 amide bonds. The molecule has 8 heteroatoms. The summed E-state index contributed by atoms with van der Waals surface area (Å²) >= 11 is 1.38. The molecule has 0 unspecified atom stereocenters. The first-order valence-electron chi connectivity index (χ1n) is 10.6. The van der Waals surface area contributed by atoms with Crippen LogP contribution in [0.3, 0.4) is 0 Å². The Kier molecular flexibility index (Phi) is 5.45. The molecular weight excluding hydrogens is 432 g/mol. The minimum atomic E-state index is -3.82. The van der Waals surface area contributed by atoms with Crippen LogP contribution in [0.1, 0.15) is 40.1 Å². The van der Waals surface area contributed by atoms with Crippen LogP contribution in [0.2, 0.25) is 0 Å². The summed E-state index contributed by atoms with van der Waals surface area (Å²) in [6.07, 6.45) is 4.64. The molecule has 2 aromatic carbocycles. The largest absolute Gasteiger partial charge is 0.376 e. The number of hydrogen-bond acceptors (Lipinski definition) is 5. The number of hydrogen-bond donors (Lipinski definition) is 2. The van der Waals surface area contributed by atoms with Crippen LogP contribution in [-0.4, -0.2) is 33.6 Å². The highest BCUT2D eigenvalue weighted by atomic mass is 32.2. The third-order valence-electron chi connectivity index (χ3n) is 5.92. The van der Waals surface area contributed by atoms with E-state index in [0.717, 1.165) is 59.9 Å². The molecule has 1 atom stereocenters. The number of benzene rings is 2. The molecule has 0 bridgehead atoms. The summed E-state index contributed by atoms with van der Waals surface area (Å²) in [6.45, 7) is 1.17. The van der Waals surface area contributed by atoms with Gasteiger partial charge >= 0.3 is 0 Å². The van der Waals surface area contributed by atoms with Gasteiger partial charge in [-0.2, -0.15) is 0 Å². The number of carbonyl (C=O) groups excluding carboxylic acids is 1. The van der Waals surface area contributed by atoms with Crippen molar-refractivity contribution in [2.45, 2.75) is 43.1 Å². The Morgan fingerprint density at radius 1 is 1.10 bits per heavy atom. The number of fused-ring (bicyclic) bond motifs is 2. The lowest BCUT2D eigenvalue weighted by Gasteiger charge is -2.13. The molecule has 31 heavy (non-hydrogen) atoms. The molecule has 0 radical (unpaired) electrons. The molecule has 1 aliphatic carbocycles. The predicted octanol–water partition coefficient (Wildman–Crippen LogP) is 4.10. The summed E-state index contributed by atoms with van der Waals surface area (Å²) in [4.78, 5) is 14.3. The average molecular weight is 457 g/mol. The Balaban J connectivity index is 1.43. The van der Waals surface area contributed by atoms with Crippen molar-refractivity contribution in [2.75, 3.05) is 17.9 Å². The van der Waals surface area contributed by atoms with Gasteiger partial charge in [-0.1, -0.05) is 30.3 Å². The molecule has 1 fully saturated rings. The highest BCUT2D eigenvalue weighted by Crippen LogP contribution is 2.40. The van der Waals surface area contributed by atoms with Crippen LogP contribution in [0, 0.1) is 0 Å². The normalized spacial score (nSPS) is 18.3. The van der Waals surface area contributed by atoms with Crippen molar-refractivity contribution in [2.24, 2.45) is 0 Å². The van der Waals surface area contributed by atoms with E-state index >= 15 is 0 Å². The van der Waals surface area contributed by atoms with Crippen LogP contribution in [0.5, 0.6) is 0 Å². The highest BCUT2D eigenvalue weighted by molar-refractivity contribution is 7.93. The smallest absolute Gasteiger partial charge is 0.262 e. The molecule has 5 rings (SSSR count).